The highest BCUT2D eigenvalue weighted by Gasteiger charge is 2.07. The Balaban J connectivity index is 2.14. The first-order valence-corrected chi connectivity index (χ1v) is 5.16. The van der Waals surface area contributed by atoms with E-state index in [1.165, 1.54) is 10.9 Å². The zero-order valence-electron chi connectivity index (χ0n) is 9.22. The van der Waals surface area contributed by atoms with Crippen molar-refractivity contribution in [3.05, 3.63) is 11.9 Å². The van der Waals surface area contributed by atoms with Crippen molar-refractivity contribution in [3.8, 4) is 0 Å². The van der Waals surface area contributed by atoms with Crippen LogP contribution in [-0.4, -0.2) is 52.4 Å². The quantitative estimate of drug-likeness (QED) is 0.589. The topological polar surface area (TPSA) is 89.3 Å². The van der Waals surface area contributed by atoms with Crippen molar-refractivity contribution in [2.24, 2.45) is 0 Å². The Labute approximate surface area is 93.4 Å². The molecule has 0 unspecified atom stereocenters. The molecule has 7 nitrogen and oxygen atoms in total. The van der Waals surface area contributed by atoms with Crippen molar-refractivity contribution >= 4 is 5.97 Å². The SMILES string of the molecule is CCOCCNCCn1cc(C(=O)O)nn1. The number of nitrogens with one attached hydrogen (secondary N) is 1. The maximum atomic E-state index is 10.5. The minimum absolute atomic E-state index is 0.0330. The monoisotopic (exact) mass is 228 g/mol. The predicted octanol–water partition coefficient (Wildman–Crippen LogP) is -0.398. The molecule has 0 fully saturated rings. The molecule has 1 heterocycles. The van der Waals surface area contributed by atoms with E-state index >= 15 is 0 Å². The van der Waals surface area contributed by atoms with Gasteiger partial charge in [0.2, 0.25) is 0 Å². The summed E-state index contributed by atoms with van der Waals surface area (Å²) in [5.41, 5.74) is -0.0330. The average Bonchev–Trinajstić information content (AvgIpc) is 2.72. The largest absolute Gasteiger partial charge is 0.476 e. The first-order chi connectivity index (χ1) is 7.74. The summed E-state index contributed by atoms with van der Waals surface area (Å²) in [5.74, 6) is -1.06. The number of hydrogen-bond acceptors (Lipinski definition) is 5. The summed E-state index contributed by atoms with van der Waals surface area (Å²) < 4.78 is 6.64. The van der Waals surface area contributed by atoms with E-state index in [4.69, 9.17) is 9.84 Å². The molecule has 0 spiro atoms. The normalized spacial score (nSPS) is 10.6. The summed E-state index contributed by atoms with van der Waals surface area (Å²) in [6, 6.07) is 0. The van der Waals surface area contributed by atoms with Gasteiger partial charge in [-0.05, 0) is 6.92 Å². The molecule has 1 aromatic rings. The number of aromatic nitrogens is 3. The van der Waals surface area contributed by atoms with Crippen LogP contribution in [0.1, 0.15) is 17.4 Å². The number of nitrogens with zero attached hydrogens (tertiary/aromatic N) is 3. The van der Waals surface area contributed by atoms with E-state index in [2.05, 4.69) is 15.6 Å². The Morgan fingerprint density at radius 1 is 1.62 bits per heavy atom. The maximum absolute atomic E-state index is 10.5. The van der Waals surface area contributed by atoms with E-state index in [-0.39, 0.29) is 5.69 Å². The molecule has 0 aliphatic rings. The lowest BCUT2D eigenvalue weighted by molar-refractivity contribution is 0.0690. The molecule has 1 rings (SSSR count). The Bertz CT molecular complexity index is 326. The summed E-state index contributed by atoms with van der Waals surface area (Å²) in [5, 5.41) is 19.0. The number of hydrogen-bond donors (Lipinski definition) is 2. The number of carboxylic acids is 1. The molecular formula is C9H16N4O3. The van der Waals surface area contributed by atoms with Gasteiger partial charge in [-0.2, -0.15) is 0 Å². The molecule has 16 heavy (non-hydrogen) atoms. The van der Waals surface area contributed by atoms with Gasteiger partial charge in [-0.25, -0.2) is 4.79 Å². The fourth-order valence-corrected chi connectivity index (χ4v) is 1.11. The number of carbonyl (C=O) groups is 1. The van der Waals surface area contributed by atoms with Gasteiger partial charge in [0, 0.05) is 19.7 Å². The van der Waals surface area contributed by atoms with E-state index in [0.717, 1.165) is 6.54 Å². The zero-order valence-corrected chi connectivity index (χ0v) is 9.22. The highest BCUT2D eigenvalue weighted by Crippen LogP contribution is 1.91. The summed E-state index contributed by atoms with van der Waals surface area (Å²) >= 11 is 0. The number of ether oxygens (including phenoxy) is 1. The third-order valence-electron chi connectivity index (χ3n) is 1.90. The lowest BCUT2D eigenvalue weighted by Gasteiger charge is -2.04. The van der Waals surface area contributed by atoms with E-state index < -0.39 is 5.97 Å². The Hall–Kier alpha value is -1.47. The fraction of sp³-hybridized carbons (Fsp3) is 0.667. The van der Waals surface area contributed by atoms with Crippen LogP contribution in [0.25, 0.3) is 0 Å². The van der Waals surface area contributed by atoms with Crippen molar-refractivity contribution < 1.29 is 14.6 Å². The second-order valence-corrected chi connectivity index (χ2v) is 3.12. The fourth-order valence-electron chi connectivity index (χ4n) is 1.11. The third-order valence-corrected chi connectivity index (χ3v) is 1.90. The molecule has 0 aliphatic heterocycles. The van der Waals surface area contributed by atoms with Crippen molar-refractivity contribution in [3.63, 3.8) is 0 Å². The van der Waals surface area contributed by atoms with Crippen molar-refractivity contribution in [2.45, 2.75) is 13.5 Å². The smallest absolute Gasteiger partial charge is 0.358 e. The third kappa shape index (κ3) is 4.37. The lowest BCUT2D eigenvalue weighted by atomic mass is 10.5. The standard InChI is InChI=1S/C9H16N4O3/c1-2-16-6-4-10-3-5-13-7-8(9(14)15)11-12-13/h7,10H,2-6H2,1H3,(H,14,15). The van der Waals surface area contributed by atoms with Gasteiger partial charge in [-0.1, -0.05) is 5.21 Å². The van der Waals surface area contributed by atoms with Crippen molar-refractivity contribution in [2.75, 3.05) is 26.3 Å². The molecule has 0 aliphatic carbocycles. The summed E-state index contributed by atoms with van der Waals surface area (Å²) in [6.45, 7) is 5.40. The van der Waals surface area contributed by atoms with Gasteiger partial charge in [-0.3, -0.25) is 4.68 Å². The van der Waals surface area contributed by atoms with E-state index in [0.29, 0.717) is 26.3 Å². The molecular weight excluding hydrogens is 212 g/mol. The van der Waals surface area contributed by atoms with Crippen LogP contribution in [0.3, 0.4) is 0 Å². The first kappa shape index (κ1) is 12.6. The lowest BCUT2D eigenvalue weighted by Crippen LogP contribution is -2.24. The Morgan fingerprint density at radius 2 is 2.44 bits per heavy atom. The molecule has 0 saturated heterocycles. The second kappa shape index (κ2) is 6.91. The second-order valence-electron chi connectivity index (χ2n) is 3.12. The molecule has 90 valence electrons. The number of aromatic carboxylic acids is 1. The zero-order chi connectivity index (χ0) is 11.8. The Kier molecular flexibility index (Phi) is 5.44. The van der Waals surface area contributed by atoms with Crippen LogP contribution in [0.15, 0.2) is 6.20 Å². The predicted molar refractivity (Wildman–Crippen MR) is 56.3 cm³/mol. The number of carboxylic acid groups (broad SMARTS) is 1. The number of rotatable bonds is 8. The maximum Gasteiger partial charge on any atom is 0.358 e. The summed E-state index contributed by atoms with van der Waals surface area (Å²) in [4.78, 5) is 10.5. The van der Waals surface area contributed by atoms with Gasteiger partial charge >= 0.3 is 5.97 Å². The van der Waals surface area contributed by atoms with Crippen LogP contribution >= 0.6 is 0 Å². The minimum Gasteiger partial charge on any atom is -0.476 e. The Morgan fingerprint density at radius 3 is 3.06 bits per heavy atom. The van der Waals surface area contributed by atoms with Gasteiger partial charge in [-0.15, -0.1) is 5.10 Å². The van der Waals surface area contributed by atoms with Crippen molar-refractivity contribution in [1.82, 2.24) is 20.3 Å². The van der Waals surface area contributed by atoms with E-state index in [9.17, 15) is 4.79 Å². The highest BCUT2D eigenvalue weighted by atomic mass is 16.5. The van der Waals surface area contributed by atoms with Crippen LogP contribution in [0.2, 0.25) is 0 Å². The summed E-state index contributed by atoms with van der Waals surface area (Å²) in [6.07, 6.45) is 1.41. The van der Waals surface area contributed by atoms with Crippen LogP contribution in [0.5, 0.6) is 0 Å². The molecule has 0 bridgehead atoms. The molecule has 0 saturated carbocycles. The molecule has 2 N–H and O–H groups in total. The molecule has 0 aromatic carbocycles. The van der Waals surface area contributed by atoms with Gasteiger partial charge in [0.15, 0.2) is 5.69 Å². The van der Waals surface area contributed by atoms with Gasteiger partial charge < -0.3 is 15.2 Å². The van der Waals surface area contributed by atoms with Crippen LogP contribution in [0.4, 0.5) is 0 Å². The van der Waals surface area contributed by atoms with Crippen LogP contribution in [0, 0.1) is 0 Å². The van der Waals surface area contributed by atoms with Gasteiger partial charge in [0.1, 0.15) is 0 Å². The highest BCUT2D eigenvalue weighted by molar-refractivity contribution is 5.84. The minimum atomic E-state index is -1.06. The first-order valence-electron chi connectivity index (χ1n) is 5.16. The molecule has 7 heteroatoms. The molecule has 1 aromatic heterocycles. The van der Waals surface area contributed by atoms with Crippen molar-refractivity contribution in [1.29, 1.82) is 0 Å². The van der Waals surface area contributed by atoms with Gasteiger partial charge in [0.05, 0.1) is 19.3 Å². The van der Waals surface area contributed by atoms with E-state index in [1.807, 2.05) is 6.92 Å². The average molecular weight is 228 g/mol. The molecule has 0 amide bonds. The van der Waals surface area contributed by atoms with Crippen LogP contribution < -0.4 is 5.32 Å². The summed E-state index contributed by atoms with van der Waals surface area (Å²) in [7, 11) is 0. The van der Waals surface area contributed by atoms with Gasteiger partial charge in [0.25, 0.3) is 0 Å². The molecule has 0 atom stereocenters. The molecule has 0 radical (unpaired) electrons. The van der Waals surface area contributed by atoms with Crippen LogP contribution in [-0.2, 0) is 11.3 Å². The van der Waals surface area contributed by atoms with E-state index in [1.54, 1.807) is 0 Å².